The van der Waals surface area contributed by atoms with Gasteiger partial charge in [0.05, 0.1) is 26.5 Å². The third-order valence-electron chi connectivity index (χ3n) is 9.83. The van der Waals surface area contributed by atoms with Crippen LogP contribution in [-0.4, -0.2) is 49.1 Å². The van der Waals surface area contributed by atoms with E-state index in [4.69, 9.17) is 9.47 Å². The molecule has 8 rings (SSSR count). The molecule has 6 aromatic rings. The van der Waals surface area contributed by atoms with Crippen LogP contribution in [0.25, 0.3) is 0 Å². The number of thiazole rings is 2. The molecule has 4 aromatic carbocycles. The molecule has 0 radical (unpaired) electrons. The fourth-order valence-electron chi connectivity index (χ4n) is 6.61. The highest BCUT2D eigenvalue weighted by atomic mass is 32.2. The molecule has 2 fully saturated rings. The molecule has 0 aliphatic heterocycles. The van der Waals surface area contributed by atoms with Crippen LogP contribution in [0.2, 0.25) is 0 Å². The monoisotopic (exact) mass is 898 g/mol. The van der Waals surface area contributed by atoms with E-state index in [1.165, 1.54) is 35.8 Å². The van der Waals surface area contributed by atoms with E-state index in [-0.39, 0.29) is 36.9 Å². The Kier molecular flexibility index (Phi) is 10.8. The molecule has 0 spiro atoms. The van der Waals surface area contributed by atoms with Gasteiger partial charge in [0, 0.05) is 28.8 Å². The molecule has 2 N–H and O–H groups in total. The molecule has 2 saturated carbocycles. The first-order valence-corrected chi connectivity index (χ1v) is 22.8. The predicted molar refractivity (Wildman–Crippen MR) is 212 cm³/mol. The predicted octanol–water partition coefficient (Wildman–Crippen LogP) is 7.55. The number of amides is 2. The lowest BCUT2D eigenvalue weighted by Crippen LogP contribution is -2.67. The Morgan fingerprint density at radius 2 is 1.17 bits per heavy atom. The van der Waals surface area contributed by atoms with E-state index >= 15 is 14.0 Å². The summed E-state index contributed by atoms with van der Waals surface area (Å²) in [6, 6.07) is 15.5. The van der Waals surface area contributed by atoms with Crippen molar-refractivity contribution in [3.05, 3.63) is 142 Å². The van der Waals surface area contributed by atoms with E-state index in [0.29, 0.717) is 43.1 Å². The van der Waals surface area contributed by atoms with Crippen LogP contribution in [0.5, 0.6) is 11.5 Å². The average Bonchev–Trinajstić information content (AvgIpc) is 4.17. The molecule has 0 bridgehead atoms. The number of aromatic nitrogens is 2. The van der Waals surface area contributed by atoms with Gasteiger partial charge in [0.25, 0.3) is 23.0 Å². The van der Waals surface area contributed by atoms with Crippen LogP contribution in [-0.2, 0) is 40.5 Å². The van der Waals surface area contributed by atoms with Crippen molar-refractivity contribution in [1.29, 1.82) is 0 Å². The number of rotatable bonds is 15. The minimum Gasteiger partial charge on any atom is -0.467 e. The number of nitrogens with zero attached hydrogens (tertiary/aromatic N) is 2. The molecule has 20 heteroatoms. The summed E-state index contributed by atoms with van der Waals surface area (Å²) in [5.41, 5.74) is -6.96. The highest BCUT2D eigenvalue weighted by molar-refractivity contribution is 7.92. The van der Waals surface area contributed by atoms with Crippen LogP contribution in [0.3, 0.4) is 0 Å². The second kappa shape index (κ2) is 15.7. The Balaban J connectivity index is 1.49. The summed E-state index contributed by atoms with van der Waals surface area (Å²) >= 11 is 1.31. The third-order valence-corrected chi connectivity index (χ3v) is 15.8. The Morgan fingerprint density at radius 1 is 0.650 bits per heavy atom. The summed E-state index contributed by atoms with van der Waals surface area (Å²) in [6.07, 6.45) is 3.79. The lowest BCUT2D eigenvalue weighted by atomic mass is 9.71. The Hall–Kier alpha value is -5.70. The maximum absolute atomic E-state index is 16.0. The molecule has 2 amide bonds. The fraction of sp³-hybridized carbons (Fsp3) is 0.200. The normalized spacial score (nSPS) is 16.3. The second-order valence-electron chi connectivity index (χ2n) is 13.8. The topological polar surface area (TPSA) is 171 Å². The van der Waals surface area contributed by atoms with Gasteiger partial charge in [-0.3, -0.25) is 20.2 Å². The van der Waals surface area contributed by atoms with E-state index in [9.17, 15) is 30.0 Å². The van der Waals surface area contributed by atoms with Crippen LogP contribution in [0.15, 0.2) is 119 Å². The highest BCUT2D eigenvalue weighted by Gasteiger charge is 2.69. The van der Waals surface area contributed by atoms with Crippen molar-refractivity contribution in [1.82, 2.24) is 9.97 Å². The summed E-state index contributed by atoms with van der Waals surface area (Å²) in [7, 11) is -7.74. The molecule has 2 atom stereocenters. The van der Waals surface area contributed by atoms with Crippen molar-refractivity contribution in [2.24, 2.45) is 0 Å². The number of ether oxygens (including phenoxy) is 2. The molecular weight excluding hydrogens is 869 g/mol. The molecule has 60 heavy (non-hydrogen) atoms. The van der Waals surface area contributed by atoms with Crippen molar-refractivity contribution in [3.63, 3.8) is 0 Å². The van der Waals surface area contributed by atoms with E-state index in [0.717, 1.165) is 78.2 Å². The molecule has 2 heterocycles. The largest absolute Gasteiger partial charge is 0.467 e. The lowest BCUT2D eigenvalue weighted by molar-refractivity contribution is -0.173. The number of anilines is 2. The lowest BCUT2D eigenvalue weighted by Gasteiger charge is -2.47. The SMILES string of the molecule is O=C(Nc1nccs1)C(Oc1ccc(F)cc1)(c1ccc(S(=O)(=O)C2CC2)cc1)C(Oc1ccc(F)cc1F)(C(=O)Nc1ncc(F)s1)c1ccc(S(=O)(=O)C2CC2)cc1. The van der Waals surface area contributed by atoms with Gasteiger partial charge >= 0.3 is 0 Å². The van der Waals surface area contributed by atoms with Crippen LogP contribution in [0.1, 0.15) is 36.8 Å². The highest BCUT2D eigenvalue weighted by Crippen LogP contribution is 2.51. The van der Waals surface area contributed by atoms with Crippen LogP contribution < -0.4 is 20.1 Å². The summed E-state index contributed by atoms with van der Waals surface area (Å²) < 4.78 is 126. The fourth-order valence-corrected chi connectivity index (χ4v) is 11.0. The quantitative estimate of drug-likeness (QED) is 0.0982. The van der Waals surface area contributed by atoms with E-state index in [1.807, 2.05) is 0 Å². The van der Waals surface area contributed by atoms with Gasteiger partial charge in [-0.15, -0.1) is 11.3 Å². The van der Waals surface area contributed by atoms with E-state index in [2.05, 4.69) is 20.6 Å². The minimum atomic E-state index is -3.88. The number of benzene rings is 4. The summed E-state index contributed by atoms with van der Waals surface area (Å²) in [5.74, 6) is -6.96. The number of hydrogen-bond acceptors (Lipinski definition) is 12. The van der Waals surface area contributed by atoms with Crippen molar-refractivity contribution >= 4 is 64.4 Å². The molecule has 12 nitrogen and oxygen atoms in total. The summed E-state index contributed by atoms with van der Waals surface area (Å²) in [5, 5.41) is 3.91. The van der Waals surface area contributed by atoms with Gasteiger partial charge in [0.2, 0.25) is 0 Å². The molecule has 2 aliphatic carbocycles. The zero-order chi connectivity index (χ0) is 42.5. The van der Waals surface area contributed by atoms with E-state index < -0.39 is 81.5 Å². The summed E-state index contributed by atoms with van der Waals surface area (Å²) in [4.78, 5) is 38.9. The third kappa shape index (κ3) is 7.63. The van der Waals surface area contributed by atoms with Crippen LogP contribution in [0, 0.1) is 22.6 Å². The second-order valence-corrected chi connectivity index (χ2v) is 20.2. The van der Waals surface area contributed by atoms with Crippen molar-refractivity contribution in [3.8, 4) is 11.5 Å². The number of carbonyl (C=O) groups is 2. The number of nitrogens with one attached hydrogen (secondary N) is 2. The van der Waals surface area contributed by atoms with Crippen LogP contribution >= 0.6 is 22.7 Å². The minimum absolute atomic E-state index is 0.0600. The zero-order valence-electron chi connectivity index (χ0n) is 30.7. The number of carbonyl (C=O) groups excluding carboxylic acids is 2. The van der Waals surface area contributed by atoms with Crippen molar-refractivity contribution < 1.29 is 53.5 Å². The van der Waals surface area contributed by atoms with Gasteiger partial charge < -0.3 is 9.47 Å². The van der Waals surface area contributed by atoms with Crippen LogP contribution in [0.4, 0.5) is 27.8 Å². The molecular formula is C40H30F4N4O8S4. The first-order valence-electron chi connectivity index (χ1n) is 18.0. The van der Waals surface area contributed by atoms with E-state index in [1.54, 1.807) is 0 Å². The first-order chi connectivity index (χ1) is 28.6. The molecule has 2 unspecified atom stereocenters. The van der Waals surface area contributed by atoms with Crippen molar-refractivity contribution in [2.75, 3.05) is 10.6 Å². The Labute approximate surface area is 348 Å². The zero-order valence-corrected chi connectivity index (χ0v) is 33.9. The number of halogens is 4. The first kappa shape index (κ1) is 41.1. The maximum Gasteiger partial charge on any atom is 0.280 e. The number of hydrogen-bond donors (Lipinski definition) is 2. The average molecular weight is 899 g/mol. The summed E-state index contributed by atoms with van der Waals surface area (Å²) in [6.45, 7) is 0. The smallest absolute Gasteiger partial charge is 0.280 e. The van der Waals surface area contributed by atoms with Gasteiger partial charge in [-0.2, -0.15) is 4.39 Å². The molecule has 2 aromatic heterocycles. The van der Waals surface area contributed by atoms with Gasteiger partial charge in [-0.05, 0) is 86.3 Å². The maximum atomic E-state index is 16.0. The molecule has 2 aliphatic rings. The Morgan fingerprint density at radius 3 is 1.63 bits per heavy atom. The van der Waals surface area contributed by atoms with Gasteiger partial charge in [0.1, 0.15) is 17.4 Å². The standard InChI is InChI=1S/C40H30F4N4O8S4/c41-25-5-8-27(9-6-25)55-39(35(49)47-37-45-19-20-57-37,23-1-10-28(11-2-23)59(51,52)30-14-15-30)40(36(50)48-38-46-22-34(44)58-38,56-33-18-7-26(42)21-32(33)43)24-3-12-29(13-4-24)60(53,54)31-16-17-31/h1-13,18-22,30-31H,14-17H2,(H,45,47,49)(H,46,48,50). The van der Waals surface area contributed by atoms with Gasteiger partial charge in [-0.25, -0.2) is 40.0 Å². The molecule has 0 saturated heterocycles. The molecule has 310 valence electrons. The van der Waals surface area contributed by atoms with Gasteiger partial charge in [-0.1, -0.05) is 35.6 Å². The van der Waals surface area contributed by atoms with Crippen molar-refractivity contribution in [2.45, 2.75) is 57.2 Å². The number of sulfone groups is 2. The Bertz CT molecular complexity index is 2800. The van der Waals surface area contributed by atoms with Gasteiger partial charge in [0.15, 0.2) is 46.6 Å².